The molecule has 0 unspecified atom stereocenters. The summed E-state index contributed by atoms with van der Waals surface area (Å²) < 4.78 is 4.90. The van der Waals surface area contributed by atoms with Crippen molar-refractivity contribution in [2.24, 2.45) is 0 Å². The highest BCUT2D eigenvalue weighted by Gasteiger charge is 2.15. The molecule has 0 saturated heterocycles. The van der Waals surface area contributed by atoms with Gasteiger partial charge in [-0.2, -0.15) is 0 Å². The number of hydrogen-bond acceptors (Lipinski definition) is 2. The van der Waals surface area contributed by atoms with Crippen LogP contribution in [0.1, 0.15) is 57.8 Å². The molecular weight excluding hydrogens is 280 g/mol. The third-order valence-corrected chi connectivity index (χ3v) is 4.10. The summed E-state index contributed by atoms with van der Waals surface area (Å²) >= 11 is 3.51. The van der Waals surface area contributed by atoms with Gasteiger partial charge in [-0.1, -0.05) is 48.0 Å². The van der Waals surface area contributed by atoms with Crippen LogP contribution in [0.15, 0.2) is 11.1 Å². The molecule has 1 rings (SSSR count). The highest BCUT2D eigenvalue weighted by molar-refractivity contribution is 9.09. The Balaban J connectivity index is 2.76. The minimum Gasteiger partial charge on any atom is -0.466 e. The van der Waals surface area contributed by atoms with E-state index in [1.165, 1.54) is 51.2 Å². The fourth-order valence-electron chi connectivity index (χ4n) is 2.37. The molecule has 3 heteroatoms. The van der Waals surface area contributed by atoms with Crippen molar-refractivity contribution in [2.75, 3.05) is 12.4 Å². The number of carbonyl (C=O) groups is 1. The number of carbonyl (C=O) groups excluding carboxylic acids is 1. The maximum absolute atomic E-state index is 11.8. The van der Waals surface area contributed by atoms with Crippen LogP contribution in [0.2, 0.25) is 0 Å². The van der Waals surface area contributed by atoms with Crippen LogP contribution in [-0.2, 0) is 9.53 Å². The number of esters is 1. The molecule has 0 bridgehead atoms. The molecule has 98 valence electrons. The maximum Gasteiger partial charge on any atom is 0.333 e. The second-order valence-corrected chi connectivity index (χ2v) is 5.24. The van der Waals surface area contributed by atoms with E-state index in [1.807, 2.05) is 0 Å². The molecule has 2 nitrogen and oxygen atoms in total. The van der Waals surface area contributed by atoms with E-state index in [4.69, 9.17) is 4.74 Å². The van der Waals surface area contributed by atoms with Crippen LogP contribution in [0.4, 0.5) is 0 Å². The van der Waals surface area contributed by atoms with E-state index in [-0.39, 0.29) is 5.97 Å². The summed E-state index contributed by atoms with van der Waals surface area (Å²) in [7, 11) is 1.48. The molecule has 0 amide bonds. The Morgan fingerprint density at radius 3 is 2.12 bits per heavy atom. The Hall–Kier alpha value is -0.310. The monoisotopic (exact) mass is 302 g/mol. The summed E-state index contributed by atoms with van der Waals surface area (Å²) in [5.74, 6) is -0.126. The Bertz CT molecular complexity index is 271. The van der Waals surface area contributed by atoms with E-state index < -0.39 is 0 Å². The zero-order valence-electron chi connectivity index (χ0n) is 10.8. The zero-order valence-corrected chi connectivity index (χ0v) is 12.4. The highest BCUT2D eigenvalue weighted by Crippen LogP contribution is 2.24. The molecule has 0 N–H and O–H groups in total. The number of alkyl halides is 1. The summed E-state index contributed by atoms with van der Waals surface area (Å²) in [6.07, 6.45) is 10.7. The Kier molecular flexibility index (Phi) is 7.58. The fourth-order valence-corrected chi connectivity index (χ4v) is 2.99. The molecule has 0 aromatic heterocycles. The van der Waals surface area contributed by atoms with Gasteiger partial charge in [0.25, 0.3) is 0 Å². The molecule has 0 atom stereocenters. The molecule has 0 spiro atoms. The lowest BCUT2D eigenvalue weighted by Gasteiger charge is -2.11. The first-order chi connectivity index (χ1) is 8.29. The fraction of sp³-hybridized carbons (Fsp3) is 0.786. The minimum atomic E-state index is -0.126. The lowest BCUT2D eigenvalue weighted by Crippen LogP contribution is -2.09. The summed E-state index contributed by atoms with van der Waals surface area (Å²) in [6, 6.07) is 0. The van der Waals surface area contributed by atoms with Crippen LogP contribution in [-0.4, -0.2) is 18.4 Å². The Labute approximate surface area is 113 Å². The van der Waals surface area contributed by atoms with Crippen LogP contribution >= 0.6 is 15.9 Å². The van der Waals surface area contributed by atoms with Crippen LogP contribution in [0.3, 0.4) is 0 Å². The molecule has 17 heavy (non-hydrogen) atoms. The molecule has 1 aliphatic carbocycles. The van der Waals surface area contributed by atoms with Crippen molar-refractivity contribution in [1.82, 2.24) is 0 Å². The van der Waals surface area contributed by atoms with Gasteiger partial charge in [0, 0.05) is 10.9 Å². The van der Waals surface area contributed by atoms with Crippen molar-refractivity contribution in [1.29, 1.82) is 0 Å². The standard InChI is InChI=1S/C14H23BrO2/c1-17-14(16)13-10-8-6-4-2-3-5-7-9-12(13)11-15/h2-11H2,1H3/b13-12-. The van der Waals surface area contributed by atoms with E-state index in [9.17, 15) is 4.79 Å². The highest BCUT2D eigenvalue weighted by atomic mass is 79.9. The summed E-state index contributed by atoms with van der Waals surface area (Å²) in [4.78, 5) is 11.8. The molecule has 1 aliphatic rings. The van der Waals surface area contributed by atoms with Gasteiger partial charge in [-0.25, -0.2) is 4.79 Å². The van der Waals surface area contributed by atoms with E-state index in [1.54, 1.807) is 0 Å². The van der Waals surface area contributed by atoms with E-state index in [2.05, 4.69) is 15.9 Å². The largest absolute Gasteiger partial charge is 0.466 e. The van der Waals surface area contributed by atoms with Gasteiger partial charge in [0.05, 0.1) is 7.11 Å². The SMILES string of the molecule is COC(=O)/C1=C(\CBr)CCCCCCCCC1. The lowest BCUT2D eigenvalue weighted by atomic mass is 9.99. The average Bonchev–Trinajstić information content (AvgIpc) is 2.41. The smallest absolute Gasteiger partial charge is 0.333 e. The maximum atomic E-state index is 11.8. The van der Waals surface area contributed by atoms with Gasteiger partial charge >= 0.3 is 5.97 Å². The molecule has 0 heterocycles. The summed E-state index contributed by atoms with van der Waals surface area (Å²) in [6.45, 7) is 0. The Morgan fingerprint density at radius 1 is 1.06 bits per heavy atom. The summed E-state index contributed by atoms with van der Waals surface area (Å²) in [5, 5.41) is 0.803. The van der Waals surface area contributed by atoms with Crippen molar-refractivity contribution in [2.45, 2.75) is 57.8 Å². The predicted octanol–water partition coefficient (Wildman–Crippen LogP) is 4.38. The first-order valence-electron chi connectivity index (χ1n) is 6.64. The van der Waals surface area contributed by atoms with Crippen molar-refractivity contribution < 1.29 is 9.53 Å². The number of rotatable bonds is 2. The predicted molar refractivity (Wildman–Crippen MR) is 74.4 cm³/mol. The van der Waals surface area contributed by atoms with Crippen LogP contribution in [0.5, 0.6) is 0 Å². The van der Waals surface area contributed by atoms with Gasteiger partial charge in [0.2, 0.25) is 0 Å². The molecule has 0 radical (unpaired) electrons. The van der Waals surface area contributed by atoms with Gasteiger partial charge in [0.1, 0.15) is 0 Å². The normalized spacial score (nSPS) is 23.9. The molecule has 0 saturated carbocycles. The first kappa shape index (κ1) is 14.7. The van der Waals surface area contributed by atoms with Crippen molar-refractivity contribution in [3.63, 3.8) is 0 Å². The van der Waals surface area contributed by atoms with E-state index in [0.717, 1.165) is 30.2 Å². The van der Waals surface area contributed by atoms with E-state index >= 15 is 0 Å². The van der Waals surface area contributed by atoms with Crippen molar-refractivity contribution in [3.8, 4) is 0 Å². The number of allylic oxidation sites excluding steroid dienone is 1. The Morgan fingerprint density at radius 2 is 1.59 bits per heavy atom. The lowest BCUT2D eigenvalue weighted by molar-refractivity contribution is -0.136. The van der Waals surface area contributed by atoms with Gasteiger partial charge in [-0.05, 0) is 31.3 Å². The van der Waals surface area contributed by atoms with Gasteiger partial charge in [-0.15, -0.1) is 0 Å². The third-order valence-electron chi connectivity index (χ3n) is 3.43. The van der Waals surface area contributed by atoms with Gasteiger partial charge < -0.3 is 4.74 Å². The average molecular weight is 303 g/mol. The number of methoxy groups -OCH3 is 1. The molecule has 0 aliphatic heterocycles. The number of halogens is 1. The van der Waals surface area contributed by atoms with E-state index in [0.29, 0.717) is 0 Å². The second kappa shape index (κ2) is 8.73. The van der Waals surface area contributed by atoms with Gasteiger partial charge in [-0.3, -0.25) is 0 Å². The number of hydrogen-bond donors (Lipinski definition) is 0. The van der Waals surface area contributed by atoms with Crippen molar-refractivity contribution in [3.05, 3.63) is 11.1 Å². The van der Waals surface area contributed by atoms with Crippen LogP contribution in [0.25, 0.3) is 0 Å². The van der Waals surface area contributed by atoms with Crippen molar-refractivity contribution >= 4 is 21.9 Å². The topological polar surface area (TPSA) is 26.3 Å². The van der Waals surface area contributed by atoms with Gasteiger partial charge in [0.15, 0.2) is 0 Å². The molecular formula is C14H23BrO2. The quantitative estimate of drug-likeness (QED) is 0.559. The summed E-state index contributed by atoms with van der Waals surface area (Å²) in [5.41, 5.74) is 2.17. The van der Waals surface area contributed by atoms with Crippen LogP contribution in [0, 0.1) is 0 Å². The third kappa shape index (κ3) is 5.24. The first-order valence-corrected chi connectivity index (χ1v) is 7.77. The zero-order chi connectivity index (χ0) is 12.5. The molecule has 0 fully saturated rings. The second-order valence-electron chi connectivity index (χ2n) is 4.68. The van der Waals surface area contributed by atoms with Crippen LogP contribution < -0.4 is 0 Å². The number of ether oxygens (including phenoxy) is 1. The minimum absolute atomic E-state index is 0.126. The molecule has 0 aromatic carbocycles. The molecule has 0 aromatic rings.